The lowest BCUT2D eigenvalue weighted by Gasteiger charge is -2.07. The number of carbonyl (C=O) groups excluding carboxylic acids is 1. The number of aldehydes is 1. The van der Waals surface area contributed by atoms with Crippen LogP contribution in [0.15, 0.2) is 109 Å². The number of nitrogens with two attached hydrogens (primary N) is 1. The average Bonchev–Trinajstić information content (AvgIpc) is 2.91. The first-order valence-electron chi connectivity index (χ1n) is 11.4. The quantitative estimate of drug-likeness (QED) is 0.216. The molecule has 4 aromatic carbocycles. The number of aromatic carboxylic acids is 1. The van der Waals surface area contributed by atoms with Crippen LogP contribution in [0.3, 0.4) is 0 Å². The van der Waals surface area contributed by atoms with E-state index < -0.39 is 5.97 Å². The van der Waals surface area contributed by atoms with E-state index in [1.54, 1.807) is 18.2 Å². The van der Waals surface area contributed by atoms with Gasteiger partial charge in [-0.15, -0.1) is 0 Å². The van der Waals surface area contributed by atoms with Crippen LogP contribution in [-0.2, 0) is 0 Å². The van der Waals surface area contributed by atoms with E-state index in [9.17, 15) is 14.7 Å². The molecular weight excluding hydrogens is 448 g/mol. The van der Waals surface area contributed by atoms with Crippen molar-refractivity contribution in [1.29, 1.82) is 0 Å². The molecule has 0 fully saturated rings. The van der Waals surface area contributed by atoms with Crippen LogP contribution in [0.4, 0.5) is 5.69 Å². The van der Waals surface area contributed by atoms with Crippen molar-refractivity contribution in [3.8, 4) is 11.3 Å². The summed E-state index contributed by atoms with van der Waals surface area (Å²) in [4.78, 5) is 26.1. The highest BCUT2D eigenvalue weighted by atomic mass is 16.4. The lowest BCUT2D eigenvalue weighted by Crippen LogP contribution is -2.00. The van der Waals surface area contributed by atoms with Crippen LogP contribution in [0.2, 0.25) is 0 Å². The predicted molar refractivity (Wildman–Crippen MR) is 146 cm³/mol. The van der Waals surface area contributed by atoms with E-state index in [1.807, 2.05) is 105 Å². The summed E-state index contributed by atoms with van der Waals surface area (Å²) in [5, 5.41) is 10.1. The molecule has 0 saturated heterocycles. The zero-order valence-corrected chi connectivity index (χ0v) is 20.3. The first-order chi connectivity index (χ1) is 17.4. The molecule has 0 aliphatic heterocycles. The number of carboxylic acid groups (broad SMARTS) is 1. The van der Waals surface area contributed by atoms with Gasteiger partial charge in [-0.3, -0.25) is 4.79 Å². The Morgan fingerprint density at radius 3 is 1.89 bits per heavy atom. The molecule has 0 amide bonds. The topological polar surface area (TPSA) is 93.3 Å². The Hall–Kier alpha value is -4.77. The van der Waals surface area contributed by atoms with Gasteiger partial charge < -0.3 is 10.8 Å². The van der Waals surface area contributed by atoms with E-state index >= 15 is 0 Å². The second kappa shape index (κ2) is 12.6. The largest absolute Gasteiger partial charge is 0.478 e. The van der Waals surface area contributed by atoms with E-state index in [-0.39, 0.29) is 5.56 Å². The van der Waals surface area contributed by atoms with Crippen LogP contribution in [0.5, 0.6) is 0 Å². The lowest BCUT2D eigenvalue weighted by atomic mass is 10.0. The second-order valence-electron chi connectivity index (χ2n) is 8.19. The number of aryl methyl sites for hydroxylation is 2. The minimum absolute atomic E-state index is 0.289. The second-order valence-corrected chi connectivity index (χ2v) is 8.19. The molecule has 3 N–H and O–H groups in total. The van der Waals surface area contributed by atoms with Crippen molar-refractivity contribution in [3.05, 3.63) is 131 Å². The van der Waals surface area contributed by atoms with Gasteiger partial charge in [0.1, 0.15) is 6.29 Å². The summed E-state index contributed by atoms with van der Waals surface area (Å²) in [6.45, 7) is 3.98. The summed E-state index contributed by atoms with van der Waals surface area (Å²) in [5.41, 5.74) is 11.8. The molecular formula is C31H28N2O3. The van der Waals surface area contributed by atoms with Gasteiger partial charge in [-0.25, -0.2) is 9.78 Å². The fourth-order valence-electron chi connectivity index (χ4n) is 3.37. The Bertz CT molecular complexity index is 1410. The van der Waals surface area contributed by atoms with Gasteiger partial charge >= 0.3 is 5.97 Å². The average molecular weight is 477 g/mol. The minimum Gasteiger partial charge on any atom is -0.478 e. The summed E-state index contributed by atoms with van der Waals surface area (Å²) in [6, 6.07) is 33.8. The van der Waals surface area contributed by atoms with Gasteiger partial charge in [0.2, 0.25) is 0 Å². The summed E-state index contributed by atoms with van der Waals surface area (Å²) in [7, 11) is 0. The van der Waals surface area contributed by atoms with Crippen molar-refractivity contribution >= 4 is 28.8 Å². The Kier molecular flexibility index (Phi) is 9.06. The third kappa shape index (κ3) is 7.37. The number of nitrogens with zero attached hydrogens (tertiary/aromatic N) is 1. The molecule has 0 atom stereocenters. The standard InChI is InChI=1S/C17H13NO2.C7H9N.C7H6O/c1-11-7-8-15-13(9-11)14(17(19)20)10-16(18-15)12-5-3-2-4-6-12;1-6-2-4-7(8)5-3-6;8-6-7-4-2-1-3-5-7/h2-10H,1H3,(H,19,20);2-5H,8H2,1H3;1-6H. The molecule has 180 valence electrons. The van der Waals surface area contributed by atoms with E-state index in [4.69, 9.17) is 5.73 Å². The molecule has 1 aromatic heterocycles. The minimum atomic E-state index is -0.930. The van der Waals surface area contributed by atoms with Crippen molar-refractivity contribution < 1.29 is 14.7 Å². The molecule has 0 aliphatic carbocycles. The number of rotatable bonds is 3. The molecule has 0 saturated carbocycles. The summed E-state index contributed by atoms with van der Waals surface area (Å²) >= 11 is 0. The maximum Gasteiger partial charge on any atom is 0.336 e. The molecule has 5 nitrogen and oxygen atoms in total. The molecule has 0 bridgehead atoms. The molecule has 0 spiro atoms. The lowest BCUT2D eigenvalue weighted by molar-refractivity contribution is 0.0699. The first-order valence-corrected chi connectivity index (χ1v) is 11.4. The Morgan fingerprint density at radius 2 is 1.36 bits per heavy atom. The number of pyridine rings is 1. The van der Waals surface area contributed by atoms with E-state index in [2.05, 4.69) is 4.98 Å². The number of hydrogen-bond acceptors (Lipinski definition) is 4. The summed E-state index contributed by atoms with van der Waals surface area (Å²) in [5.74, 6) is -0.930. The zero-order valence-electron chi connectivity index (χ0n) is 20.3. The highest BCUT2D eigenvalue weighted by molar-refractivity contribution is 6.03. The number of nitrogen functional groups attached to an aromatic ring is 1. The molecule has 5 aromatic rings. The number of fused-ring (bicyclic) bond motifs is 1. The Morgan fingerprint density at radius 1 is 0.778 bits per heavy atom. The number of carboxylic acids is 1. The molecule has 0 unspecified atom stereocenters. The van der Waals surface area contributed by atoms with Gasteiger partial charge in [0, 0.05) is 22.2 Å². The smallest absolute Gasteiger partial charge is 0.336 e. The van der Waals surface area contributed by atoms with Gasteiger partial charge in [0.15, 0.2) is 0 Å². The highest BCUT2D eigenvalue weighted by Crippen LogP contribution is 2.25. The van der Waals surface area contributed by atoms with Crippen molar-refractivity contribution in [2.24, 2.45) is 0 Å². The fraction of sp³-hybridized carbons (Fsp3) is 0.0645. The molecule has 5 rings (SSSR count). The van der Waals surface area contributed by atoms with Crippen LogP contribution < -0.4 is 5.73 Å². The van der Waals surface area contributed by atoms with Crippen LogP contribution in [0.1, 0.15) is 31.8 Å². The van der Waals surface area contributed by atoms with E-state index in [1.165, 1.54) is 5.56 Å². The van der Waals surface area contributed by atoms with Crippen molar-refractivity contribution in [3.63, 3.8) is 0 Å². The van der Waals surface area contributed by atoms with Crippen molar-refractivity contribution in [2.45, 2.75) is 13.8 Å². The van der Waals surface area contributed by atoms with Gasteiger partial charge in [0.25, 0.3) is 0 Å². The van der Waals surface area contributed by atoms with Crippen LogP contribution >= 0.6 is 0 Å². The molecule has 5 heteroatoms. The van der Waals surface area contributed by atoms with E-state index in [0.717, 1.165) is 28.7 Å². The molecule has 1 heterocycles. The SMILES string of the molecule is Cc1ccc(N)cc1.Cc1ccc2nc(-c3ccccc3)cc(C(=O)O)c2c1.O=Cc1ccccc1. The Balaban J connectivity index is 0.000000185. The predicted octanol–water partition coefficient (Wildman–Crippen LogP) is 6.98. The number of hydrogen-bond donors (Lipinski definition) is 2. The third-order valence-corrected chi connectivity index (χ3v) is 5.28. The number of carbonyl (C=O) groups is 2. The normalized spacial score (nSPS) is 9.83. The maximum atomic E-state index is 11.5. The van der Waals surface area contributed by atoms with Gasteiger partial charge in [-0.05, 0) is 44.2 Å². The van der Waals surface area contributed by atoms with Crippen LogP contribution in [0, 0.1) is 13.8 Å². The zero-order chi connectivity index (χ0) is 25.9. The molecule has 0 aliphatic rings. The number of anilines is 1. The molecule has 36 heavy (non-hydrogen) atoms. The maximum absolute atomic E-state index is 11.5. The number of benzene rings is 4. The number of aromatic nitrogens is 1. The van der Waals surface area contributed by atoms with E-state index in [0.29, 0.717) is 16.6 Å². The first kappa shape index (κ1) is 25.8. The van der Waals surface area contributed by atoms with Crippen molar-refractivity contribution in [1.82, 2.24) is 4.98 Å². The highest BCUT2D eigenvalue weighted by Gasteiger charge is 2.12. The van der Waals surface area contributed by atoms with Crippen LogP contribution in [-0.4, -0.2) is 22.3 Å². The summed E-state index contributed by atoms with van der Waals surface area (Å²) < 4.78 is 0. The third-order valence-electron chi connectivity index (χ3n) is 5.28. The van der Waals surface area contributed by atoms with Crippen LogP contribution in [0.25, 0.3) is 22.2 Å². The van der Waals surface area contributed by atoms with Gasteiger partial charge in [0.05, 0.1) is 16.8 Å². The monoisotopic (exact) mass is 476 g/mol. The van der Waals surface area contributed by atoms with Gasteiger partial charge in [-0.2, -0.15) is 0 Å². The van der Waals surface area contributed by atoms with Crippen molar-refractivity contribution in [2.75, 3.05) is 5.73 Å². The fourth-order valence-corrected chi connectivity index (χ4v) is 3.37. The Labute approximate surface area is 210 Å². The summed E-state index contributed by atoms with van der Waals surface area (Å²) in [6.07, 6.45) is 0.833. The molecule has 0 radical (unpaired) electrons. The van der Waals surface area contributed by atoms with Gasteiger partial charge in [-0.1, -0.05) is 90.0 Å².